The Balaban J connectivity index is 1.96. The van der Waals surface area contributed by atoms with Crippen molar-refractivity contribution < 1.29 is 4.79 Å². The van der Waals surface area contributed by atoms with E-state index in [2.05, 4.69) is 30.1 Å². The number of carbonyl (C=O) groups excluding carboxylic acids is 1. The van der Waals surface area contributed by atoms with Gasteiger partial charge in [0.1, 0.15) is 0 Å². The van der Waals surface area contributed by atoms with Gasteiger partial charge < -0.3 is 15.5 Å². The topological polar surface area (TPSA) is 49.6 Å². The summed E-state index contributed by atoms with van der Waals surface area (Å²) in [6, 6.07) is 6.66. The molecule has 3 rings (SSSR count). The minimum Gasteiger partial charge on any atom is -0.374 e. The summed E-state index contributed by atoms with van der Waals surface area (Å²) in [6.07, 6.45) is 2.46. The molecule has 1 fully saturated rings. The number of rotatable bonds is 2. The van der Waals surface area contributed by atoms with Crippen LogP contribution in [0.3, 0.4) is 0 Å². The van der Waals surface area contributed by atoms with Crippen molar-refractivity contribution in [3.63, 3.8) is 0 Å². The van der Waals surface area contributed by atoms with E-state index in [0.29, 0.717) is 6.42 Å². The molecule has 2 atom stereocenters. The van der Waals surface area contributed by atoms with Crippen molar-refractivity contribution in [1.82, 2.24) is 4.90 Å². The number of anilines is 1. The molecule has 0 saturated carbocycles. The number of hydrogen-bond donors (Lipinski definition) is 1. The first-order valence-corrected chi connectivity index (χ1v) is 7.51. The molecule has 1 aromatic carbocycles. The first kappa shape index (κ1) is 13.4. The molecule has 0 aromatic heterocycles. The predicted molar refractivity (Wildman–Crippen MR) is 80.8 cm³/mol. The molecule has 0 spiro atoms. The van der Waals surface area contributed by atoms with Gasteiger partial charge in [-0.05, 0) is 37.0 Å². The van der Waals surface area contributed by atoms with Crippen LogP contribution in [0.25, 0.3) is 0 Å². The van der Waals surface area contributed by atoms with E-state index in [9.17, 15) is 4.79 Å². The van der Waals surface area contributed by atoms with Gasteiger partial charge in [0.25, 0.3) is 0 Å². The average Bonchev–Trinajstić information content (AvgIpc) is 2.82. The molecule has 2 aliphatic heterocycles. The lowest BCUT2D eigenvalue weighted by Gasteiger charge is -2.39. The number of nitrogens with zero attached hydrogens (tertiary/aromatic N) is 2. The van der Waals surface area contributed by atoms with Crippen LogP contribution in [-0.2, 0) is 11.2 Å². The summed E-state index contributed by atoms with van der Waals surface area (Å²) in [4.78, 5) is 16.3. The molecular weight excluding hydrogens is 250 g/mol. The molecule has 20 heavy (non-hydrogen) atoms. The maximum Gasteiger partial charge on any atom is 0.223 e. The van der Waals surface area contributed by atoms with E-state index in [4.69, 9.17) is 5.73 Å². The van der Waals surface area contributed by atoms with Crippen molar-refractivity contribution in [3.05, 3.63) is 29.3 Å². The highest BCUT2D eigenvalue weighted by Crippen LogP contribution is 2.35. The van der Waals surface area contributed by atoms with E-state index in [0.717, 1.165) is 25.9 Å². The molecule has 0 aliphatic carbocycles. The molecule has 2 aliphatic rings. The average molecular weight is 273 g/mol. The normalized spacial score (nSPS) is 26.1. The number of nitrogens with two attached hydrogens (primary N) is 1. The van der Waals surface area contributed by atoms with Gasteiger partial charge in [0.05, 0.1) is 6.04 Å². The Morgan fingerprint density at radius 3 is 2.90 bits per heavy atom. The quantitative estimate of drug-likeness (QED) is 0.892. The van der Waals surface area contributed by atoms with Crippen LogP contribution >= 0.6 is 0 Å². The van der Waals surface area contributed by atoms with Crippen LogP contribution in [0.15, 0.2) is 18.2 Å². The SMILES string of the molecule is CCN1C(=O)CCC(N)C1c1ccc2c(c1)CCN2C. The summed E-state index contributed by atoms with van der Waals surface area (Å²) in [5.41, 5.74) is 10.2. The fourth-order valence-corrected chi connectivity index (χ4v) is 3.55. The minimum atomic E-state index is 0.0393. The Kier molecular flexibility index (Phi) is 3.42. The van der Waals surface area contributed by atoms with Crippen LogP contribution in [0.5, 0.6) is 0 Å². The zero-order valence-corrected chi connectivity index (χ0v) is 12.3. The van der Waals surface area contributed by atoms with E-state index in [1.54, 1.807) is 0 Å². The van der Waals surface area contributed by atoms with Crippen LogP contribution in [0.1, 0.15) is 36.9 Å². The fraction of sp³-hybridized carbons (Fsp3) is 0.562. The van der Waals surface area contributed by atoms with Crippen molar-refractivity contribution in [1.29, 1.82) is 0 Å². The smallest absolute Gasteiger partial charge is 0.223 e. The van der Waals surface area contributed by atoms with Crippen molar-refractivity contribution in [2.75, 3.05) is 25.0 Å². The van der Waals surface area contributed by atoms with E-state index in [1.807, 2.05) is 11.8 Å². The Labute approximate surface area is 120 Å². The van der Waals surface area contributed by atoms with Crippen LogP contribution < -0.4 is 10.6 Å². The third-order valence-corrected chi connectivity index (χ3v) is 4.67. The molecule has 0 radical (unpaired) electrons. The maximum atomic E-state index is 12.1. The Morgan fingerprint density at radius 1 is 1.35 bits per heavy atom. The Bertz CT molecular complexity index is 528. The Hall–Kier alpha value is -1.55. The largest absolute Gasteiger partial charge is 0.374 e. The second-order valence-electron chi connectivity index (χ2n) is 5.89. The Morgan fingerprint density at radius 2 is 2.15 bits per heavy atom. The lowest BCUT2D eigenvalue weighted by molar-refractivity contribution is -0.137. The first-order chi connectivity index (χ1) is 9.61. The first-order valence-electron chi connectivity index (χ1n) is 7.51. The van der Waals surface area contributed by atoms with E-state index < -0.39 is 0 Å². The van der Waals surface area contributed by atoms with E-state index >= 15 is 0 Å². The summed E-state index contributed by atoms with van der Waals surface area (Å²) in [7, 11) is 2.12. The molecule has 2 N–H and O–H groups in total. The standard InChI is InChI=1S/C16H23N3O/c1-3-19-15(20)7-5-13(17)16(19)12-4-6-14-11(10-12)8-9-18(14)2/h4,6,10,13,16H,3,5,7-9,17H2,1-2H3. The number of carbonyl (C=O) groups is 1. The van der Waals surface area contributed by atoms with Gasteiger partial charge in [-0.15, -0.1) is 0 Å². The zero-order valence-electron chi connectivity index (χ0n) is 12.3. The van der Waals surface area contributed by atoms with Crippen molar-refractivity contribution >= 4 is 11.6 Å². The molecular formula is C16H23N3O. The fourth-order valence-electron chi connectivity index (χ4n) is 3.55. The molecule has 1 amide bonds. The molecule has 4 heteroatoms. The molecule has 1 saturated heterocycles. The van der Waals surface area contributed by atoms with Gasteiger partial charge in [0, 0.05) is 38.3 Å². The van der Waals surface area contributed by atoms with Gasteiger partial charge in [-0.3, -0.25) is 4.79 Å². The number of hydrogen-bond acceptors (Lipinski definition) is 3. The summed E-state index contributed by atoms with van der Waals surface area (Å²) in [5.74, 6) is 0.233. The van der Waals surface area contributed by atoms with Crippen LogP contribution in [-0.4, -0.2) is 37.0 Å². The summed E-state index contributed by atoms with van der Waals surface area (Å²) < 4.78 is 0. The van der Waals surface area contributed by atoms with E-state index in [1.165, 1.54) is 16.8 Å². The van der Waals surface area contributed by atoms with Gasteiger partial charge in [0.15, 0.2) is 0 Å². The summed E-state index contributed by atoms with van der Waals surface area (Å²) >= 11 is 0. The molecule has 2 unspecified atom stereocenters. The number of piperidine rings is 1. The summed E-state index contributed by atoms with van der Waals surface area (Å²) in [5, 5.41) is 0. The maximum absolute atomic E-state index is 12.1. The lowest BCUT2D eigenvalue weighted by atomic mass is 9.89. The number of likely N-dealkylation sites (tertiary alicyclic amines) is 1. The van der Waals surface area contributed by atoms with Crippen LogP contribution in [0.2, 0.25) is 0 Å². The van der Waals surface area contributed by atoms with E-state index in [-0.39, 0.29) is 18.0 Å². The number of fused-ring (bicyclic) bond motifs is 1. The summed E-state index contributed by atoms with van der Waals surface area (Å²) in [6.45, 7) is 3.84. The molecule has 4 nitrogen and oxygen atoms in total. The lowest BCUT2D eigenvalue weighted by Crippen LogP contribution is -2.48. The number of benzene rings is 1. The van der Waals surface area contributed by atoms with Crippen LogP contribution in [0, 0.1) is 0 Å². The van der Waals surface area contributed by atoms with Crippen molar-refractivity contribution in [2.24, 2.45) is 5.73 Å². The molecule has 108 valence electrons. The van der Waals surface area contributed by atoms with Gasteiger partial charge in [0.2, 0.25) is 5.91 Å². The van der Waals surface area contributed by atoms with Gasteiger partial charge in [-0.25, -0.2) is 0 Å². The third-order valence-electron chi connectivity index (χ3n) is 4.67. The van der Waals surface area contributed by atoms with Gasteiger partial charge in [-0.2, -0.15) is 0 Å². The zero-order chi connectivity index (χ0) is 14.3. The predicted octanol–water partition coefficient (Wildman–Crippen LogP) is 1.69. The number of likely N-dealkylation sites (N-methyl/N-ethyl adjacent to an activating group) is 2. The van der Waals surface area contributed by atoms with Gasteiger partial charge in [-0.1, -0.05) is 12.1 Å². The highest BCUT2D eigenvalue weighted by atomic mass is 16.2. The molecule has 1 aromatic rings. The second-order valence-corrected chi connectivity index (χ2v) is 5.89. The van der Waals surface area contributed by atoms with Crippen molar-refractivity contribution in [3.8, 4) is 0 Å². The highest BCUT2D eigenvalue weighted by molar-refractivity contribution is 5.78. The molecule has 0 bridgehead atoms. The van der Waals surface area contributed by atoms with Crippen LogP contribution in [0.4, 0.5) is 5.69 Å². The highest BCUT2D eigenvalue weighted by Gasteiger charge is 2.34. The van der Waals surface area contributed by atoms with Crippen molar-refractivity contribution in [2.45, 2.75) is 38.3 Å². The minimum absolute atomic E-state index is 0.0393. The molecule has 2 heterocycles. The monoisotopic (exact) mass is 273 g/mol. The number of amides is 1. The second kappa shape index (κ2) is 5.09. The van der Waals surface area contributed by atoms with Gasteiger partial charge >= 0.3 is 0 Å². The third kappa shape index (κ3) is 2.08.